The minimum absolute atomic E-state index is 0.186. The third-order valence-corrected chi connectivity index (χ3v) is 3.73. The molecule has 1 fully saturated rings. The van der Waals surface area contributed by atoms with E-state index in [0.717, 1.165) is 13.0 Å². The Balaban J connectivity index is 1.98. The van der Waals surface area contributed by atoms with E-state index in [1.54, 1.807) is 0 Å². The van der Waals surface area contributed by atoms with Gasteiger partial charge < -0.3 is 22.8 Å². The molecule has 0 spiro atoms. The maximum Gasteiger partial charge on any atom is 0.577 e. The lowest BCUT2D eigenvalue weighted by Crippen LogP contribution is -2.28. The van der Waals surface area contributed by atoms with Crippen LogP contribution in [0.3, 0.4) is 0 Å². The van der Waals surface area contributed by atoms with Gasteiger partial charge in [0.15, 0.2) is 0 Å². The molecule has 0 aromatic heterocycles. The van der Waals surface area contributed by atoms with Gasteiger partial charge in [0, 0.05) is 19.8 Å². The second kappa shape index (κ2) is 9.01. The lowest BCUT2D eigenvalue weighted by Gasteiger charge is -2.15. The molecule has 5 nitrogen and oxygen atoms in total. The van der Waals surface area contributed by atoms with Gasteiger partial charge in [-0.05, 0) is 27.2 Å². The molecule has 2 unspecified atom stereocenters. The van der Waals surface area contributed by atoms with Gasteiger partial charge in [-0.1, -0.05) is 0 Å². The smallest absolute Gasteiger partial charge is 0.376 e. The average Bonchev–Trinajstić information content (AvgIpc) is 3.11. The number of epoxide rings is 1. The fraction of sp³-hybridized carbons (Fsp3) is 1.00. The summed E-state index contributed by atoms with van der Waals surface area (Å²) in [6.07, 6.45) is 1.36. The van der Waals surface area contributed by atoms with Crippen LogP contribution in [-0.4, -0.2) is 54.8 Å². The van der Waals surface area contributed by atoms with E-state index in [1.807, 2.05) is 20.8 Å². The first-order valence-corrected chi connectivity index (χ1v) is 7.47. The molecule has 1 heterocycles. The fourth-order valence-corrected chi connectivity index (χ4v) is 2.19. The molecular weight excluding hydrogens is 240 g/mol. The second-order valence-corrected chi connectivity index (χ2v) is 5.22. The summed E-state index contributed by atoms with van der Waals surface area (Å²) >= 11 is 0. The van der Waals surface area contributed by atoms with E-state index in [4.69, 9.17) is 22.8 Å². The SMILES string of the molecule is CCO[Si](OCC)OCCC(C)OCC1CO1. The van der Waals surface area contributed by atoms with Crippen molar-refractivity contribution in [2.24, 2.45) is 0 Å². The van der Waals surface area contributed by atoms with Crippen molar-refractivity contribution in [2.45, 2.75) is 39.4 Å². The van der Waals surface area contributed by atoms with Crippen LogP contribution in [0.1, 0.15) is 27.2 Å². The van der Waals surface area contributed by atoms with E-state index in [0.29, 0.717) is 32.5 Å². The van der Waals surface area contributed by atoms with E-state index in [1.165, 1.54) is 0 Å². The largest absolute Gasteiger partial charge is 0.577 e. The monoisotopic (exact) mass is 263 g/mol. The van der Waals surface area contributed by atoms with Crippen molar-refractivity contribution < 1.29 is 22.8 Å². The van der Waals surface area contributed by atoms with Crippen molar-refractivity contribution in [3.63, 3.8) is 0 Å². The molecule has 2 atom stereocenters. The quantitative estimate of drug-likeness (QED) is 0.415. The molecule has 101 valence electrons. The summed E-state index contributed by atoms with van der Waals surface area (Å²) in [6, 6.07) is 0. The van der Waals surface area contributed by atoms with Gasteiger partial charge in [0.2, 0.25) is 0 Å². The Morgan fingerprint density at radius 1 is 1.24 bits per heavy atom. The van der Waals surface area contributed by atoms with Gasteiger partial charge in [-0.15, -0.1) is 0 Å². The molecule has 0 saturated carbocycles. The van der Waals surface area contributed by atoms with Crippen molar-refractivity contribution in [3.05, 3.63) is 0 Å². The van der Waals surface area contributed by atoms with Crippen LogP contribution in [0.15, 0.2) is 0 Å². The first-order valence-electron chi connectivity index (χ1n) is 6.24. The van der Waals surface area contributed by atoms with Gasteiger partial charge in [0.05, 0.1) is 19.3 Å². The zero-order chi connectivity index (χ0) is 12.5. The molecule has 0 N–H and O–H groups in total. The highest BCUT2D eigenvalue weighted by Gasteiger charge is 2.23. The van der Waals surface area contributed by atoms with E-state index in [9.17, 15) is 0 Å². The Kier molecular flexibility index (Phi) is 7.99. The van der Waals surface area contributed by atoms with Gasteiger partial charge in [-0.3, -0.25) is 0 Å². The van der Waals surface area contributed by atoms with Crippen molar-refractivity contribution in [1.29, 1.82) is 0 Å². The van der Waals surface area contributed by atoms with Crippen molar-refractivity contribution in [1.82, 2.24) is 0 Å². The third kappa shape index (κ3) is 7.85. The third-order valence-electron chi connectivity index (χ3n) is 2.24. The van der Waals surface area contributed by atoms with Gasteiger partial charge in [-0.2, -0.15) is 0 Å². The van der Waals surface area contributed by atoms with Gasteiger partial charge in [-0.25, -0.2) is 0 Å². The second-order valence-electron chi connectivity index (χ2n) is 3.85. The molecule has 6 heteroatoms. The molecule has 1 saturated heterocycles. The van der Waals surface area contributed by atoms with E-state index >= 15 is 0 Å². The van der Waals surface area contributed by atoms with Crippen LogP contribution in [-0.2, 0) is 22.8 Å². The fourth-order valence-electron chi connectivity index (χ4n) is 1.19. The lowest BCUT2D eigenvalue weighted by atomic mass is 10.3. The van der Waals surface area contributed by atoms with E-state index < -0.39 is 9.53 Å². The Labute approximate surface area is 105 Å². The minimum Gasteiger partial charge on any atom is -0.376 e. The molecule has 1 aliphatic heterocycles. The highest BCUT2D eigenvalue weighted by atomic mass is 28.3. The topological polar surface area (TPSA) is 49.5 Å². The van der Waals surface area contributed by atoms with Gasteiger partial charge in [0.1, 0.15) is 6.10 Å². The first kappa shape index (κ1) is 15.1. The molecular formula is C11H23O5Si. The van der Waals surface area contributed by atoms with Crippen molar-refractivity contribution in [3.8, 4) is 0 Å². The van der Waals surface area contributed by atoms with Crippen LogP contribution < -0.4 is 0 Å². The lowest BCUT2D eigenvalue weighted by molar-refractivity contribution is 0.0302. The van der Waals surface area contributed by atoms with Crippen LogP contribution in [0.25, 0.3) is 0 Å². The van der Waals surface area contributed by atoms with E-state index in [2.05, 4.69) is 0 Å². The zero-order valence-corrected chi connectivity index (χ0v) is 11.9. The van der Waals surface area contributed by atoms with Gasteiger partial charge in [0.25, 0.3) is 0 Å². The highest BCUT2D eigenvalue weighted by molar-refractivity contribution is 6.36. The van der Waals surface area contributed by atoms with Crippen LogP contribution in [0.4, 0.5) is 0 Å². The summed E-state index contributed by atoms with van der Waals surface area (Å²) in [6.45, 7) is 9.31. The van der Waals surface area contributed by atoms with Crippen molar-refractivity contribution in [2.75, 3.05) is 33.0 Å². The summed E-state index contributed by atoms with van der Waals surface area (Å²) in [5, 5.41) is 0. The number of hydrogen-bond acceptors (Lipinski definition) is 5. The molecule has 0 amide bonds. The molecule has 0 bridgehead atoms. The normalized spacial score (nSPS) is 20.8. The molecule has 1 radical (unpaired) electrons. The zero-order valence-electron chi connectivity index (χ0n) is 10.9. The Morgan fingerprint density at radius 3 is 2.41 bits per heavy atom. The van der Waals surface area contributed by atoms with Crippen LogP contribution >= 0.6 is 0 Å². The highest BCUT2D eigenvalue weighted by Crippen LogP contribution is 2.11. The molecule has 0 aromatic carbocycles. The number of rotatable bonds is 11. The van der Waals surface area contributed by atoms with E-state index in [-0.39, 0.29) is 6.10 Å². The van der Waals surface area contributed by atoms with Crippen LogP contribution in [0.2, 0.25) is 0 Å². The Bertz CT molecular complexity index is 183. The predicted octanol–water partition coefficient (Wildman–Crippen LogP) is 1.25. The van der Waals surface area contributed by atoms with Crippen LogP contribution in [0.5, 0.6) is 0 Å². The molecule has 17 heavy (non-hydrogen) atoms. The standard InChI is InChI=1S/C11H23O5Si/c1-4-14-17(15-5-2)16-7-6-10(3)12-8-11-9-13-11/h10-11H,4-9H2,1-3H3. The average molecular weight is 263 g/mol. The Hall–Kier alpha value is 0.0169. The molecule has 1 aliphatic rings. The number of ether oxygens (including phenoxy) is 2. The maximum absolute atomic E-state index is 5.59. The Morgan fingerprint density at radius 2 is 1.88 bits per heavy atom. The van der Waals surface area contributed by atoms with Gasteiger partial charge >= 0.3 is 9.53 Å². The number of hydrogen-bond donors (Lipinski definition) is 0. The maximum atomic E-state index is 5.59. The predicted molar refractivity (Wildman–Crippen MR) is 64.7 cm³/mol. The molecule has 0 aromatic rings. The van der Waals surface area contributed by atoms with Crippen LogP contribution in [0, 0.1) is 0 Å². The summed E-state index contributed by atoms with van der Waals surface area (Å²) in [5.41, 5.74) is 0. The minimum atomic E-state index is -1.54. The summed E-state index contributed by atoms with van der Waals surface area (Å²) < 4.78 is 27.0. The summed E-state index contributed by atoms with van der Waals surface area (Å²) in [5.74, 6) is 0. The first-order chi connectivity index (χ1) is 8.26. The molecule has 1 rings (SSSR count). The van der Waals surface area contributed by atoms with Crippen molar-refractivity contribution >= 4 is 9.53 Å². The summed E-state index contributed by atoms with van der Waals surface area (Å²) in [7, 11) is -1.54. The molecule has 0 aliphatic carbocycles. The summed E-state index contributed by atoms with van der Waals surface area (Å²) in [4.78, 5) is 0.